The van der Waals surface area contributed by atoms with E-state index in [1.807, 2.05) is 0 Å². The predicted octanol–water partition coefficient (Wildman–Crippen LogP) is 3.09. The van der Waals surface area contributed by atoms with Crippen LogP contribution in [-0.2, 0) is 6.54 Å². The quantitative estimate of drug-likeness (QED) is 0.868. The summed E-state index contributed by atoms with van der Waals surface area (Å²) in [6, 6.07) is 11.3. The van der Waals surface area contributed by atoms with Crippen molar-refractivity contribution in [3.8, 4) is 10.6 Å². The fourth-order valence-corrected chi connectivity index (χ4v) is 4.34. The molecule has 2 fully saturated rings. The molecule has 0 N–H and O–H groups in total. The molecule has 4 heteroatoms. The van der Waals surface area contributed by atoms with Crippen molar-refractivity contribution in [3.63, 3.8) is 0 Å². The first-order valence-electron chi connectivity index (χ1n) is 7.85. The summed E-state index contributed by atoms with van der Waals surface area (Å²) in [5.74, 6) is 0. The van der Waals surface area contributed by atoms with Crippen LogP contribution >= 0.6 is 11.3 Å². The maximum Gasteiger partial charge on any atom is 0.123 e. The minimum atomic E-state index is 0.797. The Kier molecular flexibility index (Phi) is 3.76. The zero-order valence-electron chi connectivity index (χ0n) is 12.2. The minimum absolute atomic E-state index is 0.797. The van der Waals surface area contributed by atoms with Gasteiger partial charge in [-0.25, -0.2) is 4.98 Å². The lowest BCUT2D eigenvalue weighted by Crippen LogP contribution is -2.49. The fraction of sp³-hybridized carbons (Fsp3) is 0.471. The summed E-state index contributed by atoms with van der Waals surface area (Å²) in [6.07, 6.45) is 2.76. The zero-order chi connectivity index (χ0) is 14.1. The van der Waals surface area contributed by atoms with Gasteiger partial charge in [-0.15, -0.1) is 11.3 Å². The molecule has 4 rings (SSSR count). The summed E-state index contributed by atoms with van der Waals surface area (Å²) in [7, 11) is 0. The Labute approximate surface area is 130 Å². The molecule has 2 saturated heterocycles. The number of hydrogen-bond acceptors (Lipinski definition) is 4. The van der Waals surface area contributed by atoms with E-state index in [9.17, 15) is 0 Å². The molecule has 2 aromatic rings. The van der Waals surface area contributed by atoms with Crippen LogP contribution in [0.25, 0.3) is 10.6 Å². The van der Waals surface area contributed by atoms with Gasteiger partial charge in [0.15, 0.2) is 0 Å². The van der Waals surface area contributed by atoms with Crippen molar-refractivity contribution >= 4 is 11.3 Å². The average molecular weight is 299 g/mol. The second-order valence-corrected chi connectivity index (χ2v) is 6.94. The Hall–Kier alpha value is -1.23. The molecule has 0 aliphatic carbocycles. The van der Waals surface area contributed by atoms with Crippen LogP contribution in [0.15, 0.2) is 35.7 Å². The molecule has 1 unspecified atom stereocenters. The monoisotopic (exact) mass is 299 g/mol. The van der Waals surface area contributed by atoms with Gasteiger partial charge in [-0.1, -0.05) is 30.3 Å². The summed E-state index contributed by atoms with van der Waals surface area (Å²) in [6.45, 7) is 5.97. The Balaban J connectivity index is 1.42. The highest BCUT2D eigenvalue weighted by atomic mass is 32.1. The number of fused-ring (bicyclic) bond motifs is 1. The molecular formula is C17H21N3S. The van der Waals surface area contributed by atoms with Crippen molar-refractivity contribution in [3.05, 3.63) is 41.4 Å². The maximum atomic E-state index is 4.82. The van der Waals surface area contributed by atoms with Crippen molar-refractivity contribution in [2.24, 2.45) is 0 Å². The van der Waals surface area contributed by atoms with Gasteiger partial charge in [0.1, 0.15) is 5.01 Å². The molecule has 0 saturated carbocycles. The highest BCUT2D eigenvalue weighted by Gasteiger charge is 2.30. The molecule has 3 nitrogen and oxygen atoms in total. The number of piperazine rings is 1. The largest absolute Gasteiger partial charge is 0.298 e. The smallest absolute Gasteiger partial charge is 0.123 e. The molecule has 0 radical (unpaired) electrons. The number of benzene rings is 1. The SMILES string of the molecule is c1ccc(-c2nc(CN3CCN4CCCC4C3)cs2)cc1. The Morgan fingerprint density at radius 1 is 1.14 bits per heavy atom. The number of thiazole rings is 1. The Morgan fingerprint density at radius 3 is 2.95 bits per heavy atom. The van der Waals surface area contributed by atoms with Gasteiger partial charge in [0.25, 0.3) is 0 Å². The van der Waals surface area contributed by atoms with E-state index in [0.29, 0.717) is 0 Å². The van der Waals surface area contributed by atoms with E-state index in [1.54, 1.807) is 11.3 Å². The highest BCUT2D eigenvalue weighted by Crippen LogP contribution is 2.26. The molecule has 1 aromatic carbocycles. The van der Waals surface area contributed by atoms with Crippen molar-refractivity contribution < 1.29 is 0 Å². The third kappa shape index (κ3) is 2.89. The molecular weight excluding hydrogens is 278 g/mol. The molecule has 1 aromatic heterocycles. The molecule has 2 aliphatic rings. The molecule has 21 heavy (non-hydrogen) atoms. The fourth-order valence-electron chi connectivity index (χ4n) is 3.52. The average Bonchev–Trinajstić information content (AvgIpc) is 3.17. The number of hydrogen-bond donors (Lipinski definition) is 0. The lowest BCUT2D eigenvalue weighted by atomic mass is 10.1. The van der Waals surface area contributed by atoms with Crippen LogP contribution in [0.1, 0.15) is 18.5 Å². The summed E-state index contributed by atoms with van der Waals surface area (Å²) in [5, 5.41) is 3.37. The van der Waals surface area contributed by atoms with E-state index in [1.165, 1.54) is 50.3 Å². The summed E-state index contributed by atoms with van der Waals surface area (Å²) in [4.78, 5) is 10.1. The maximum absolute atomic E-state index is 4.82. The van der Waals surface area contributed by atoms with Crippen LogP contribution in [0.4, 0.5) is 0 Å². The van der Waals surface area contributed by atoms with E-state index in [2.05, 4.69) is 45.5 Å². The Bertz CT molecular complexity index is 595. The number of nitrogens with zero attached hydrogens (tertiary/aromatic N) is 3. The van der Waals surface area contributed by atoms with Crippen molar-refractivity contribution in [2.75, 3.05) is 26.2 Å². The molecule has 2 aliphatic heterocycles. The molecule has 0 spiro atoms. The standard InChI is InChI=1S/C17H21N3S/c1-2-5-14(6-3-1)17-18-15(13-21-17)11-19-9-10-20-8-4-7-16(20)12-19/h1-3,5-6,13,16H,4,7-12H2. The van der Waals surface area contributed by atoms with Crippen molar-refractivity contribution in [1.82, 2.24) is 14.8 Å². The number of aromatic nitrogens is 1. The Morgan fingerprint density at radius 2 is 2.05 bits per heavy atom. The van der Waals surface area contributed by atoms with Gasteiger partial charge in [0, 0.05) is 43.2 Å². The van der Waals surface area contributed by atoms with Gasteiger partial charge in [0.05, 0.1) is 5.69 Å². The van der Waals surface area contributed by atoms with Crippen LogP contribution in [0.5, 0.6) is 0 Å². The van der Waals surface area contributed by atoms with Crippen LogP contribution in [0.3, 0.4) is 0 Å². The normalized spacial score (nSPS) is 23.3. The van der Waals surface area contributed by atoms with E-state index in [0.717, 1.165) is 17.6 Å². The molecule has 0 amide bonds. The first-order valence-corrected chi connectivity index (χ1v) is 8.73. The number of rotatable bonds is 3. The van der Waals surface area contributed by atoms with Gasteiger partial charge in [-0.05, 0) is 19.4 Å². The second kappa shape index (κ2) is 5.87. The molecule has 1 atom stereocenters. The third-order valence-electron chi connectivity index (χ3n) is 4.63. The lowest BCUT2D eigenvalue weighted by molar-refractivity contribution is 0.0986. The van der Waals surface area contributed by atoms with E-state index >= 15 is 0 Å². The van der Waals surface area contributed by atoms with Crippen LogP contribution in [0, 0.1) is 0 Å². The first-order chi connectivity index (χ1) is 10.4. The van der Waals surface area contributed by atoms with E-state index in [4.69, 9.17) is 4.98 Å². The summed E-state index contributed by atoms with van der Waals surface area (Å²) >= 11 is 1.76. The minimum Gasteiger partial charge on any atom is -0.298 e. The van der Waals surface area contributed by atoms with Gasteiger partial charge in [-0.3, -0.25) is 9.80 Å². The predicted molar refractivity (Wildman–Crippen MR) is 87.4 cm³/mol. The van der Waals surface area contributed by atoms with E-state index < -0.39 is 0 Å². The van der Waals surface area contributed by atoms with Crippen LogP contribution < -0.4 is 0 Å². The molecule has 3 heterocycles. The highest BCUT2D eigenvalue weighted by molar-refractivity contribution is 7.13. The molecule has 110 valence electrons. The first kappa shape index (κ1) is 13.4. The lowest BCUT2D eigenvalue weighted by Gasteiger charge is -2.37. The van der Waals surface area contributed by atoms with Gasteiger partial charge in [0.2, 0.25) is 0 Å². The molecule has 0 bridgehead atoms. The van der Waals surface area contributed by atoms with Crippen LogP contribution in [0.2, 0.25) is 0 Å². The summed E-state index contributed by atoms with van der Waals surface area (Å²) in [5.41, 5.74) is 2.46. The van der Waals surface area contributed by atoms with Gasteiger partial charge >= 0.3 is 0 Å². The zero-order valence-corrected chi connectivity index (χ0v) is 13.1. The second-order valence-electron chi connectivity index (χ2n) is 6.08. The van der Waals surface area contributed by atoms with Gasteiger partial charge < -0.3 is 0 Å². The topological polar surface area (TPSA) is 19.4 Å². The van der Waals surface area contributed by atoms with Crippen molar-refractivity contribution in [2.45, 2.75) is 25.4 Å². The van der Waals surface area contributed by atoms with Crippen LogP contribution in [-0.4, -0.2) is 47.0 Å². The van der Waals surface area contributed by atoms with Crippen molar-refractivity contribution in [1.29, 1.82) is 0 Å². The van der Waals surface area contributed by atoms with Gasteiger partial charge in [-0.2, -0.15) is 0 Å². The van der Waals surface area contributed by atoms with E-state index in [-0.39, 0.29) is 0 Å². The summed E-state index contributed by atoms with van der Waals surface area (Å²) < 4.78 is 0. The third-order valence-corrected chi connectivity index (χ3v) is 5.57.